The molecule has 4 atom stereocenters. The highest BCUT2D eigenvalue weighted by Crippen LogP contribution is 2.02. The summed E-state index contributed by atoms with van der Waals surface area (Å²) in [5.41, 5.74) is 26.3. The first-order valence-corrected chi connectivity index (χ1v) is 11.0. The number of carbonyl (C=O) groups is 6. The number of nitrogens with one attached hydrogen (secondary N) is 3. The van der Waals surface area contributed by atoms with Crippen LogP contribution in [0.25, 0.3) is 0 Å². The summed E-state index contributed by atoms with van der Waals surface area (Å²) in [6.45, 7) is 0.250. The molecule has 0 aromatic rings. The van der Waals surface area contributed by atoms with Gasteiger partial charge in [-0.2, -0.15) is 12.6 Å². The number of rotatable bonds is 17. The van der Waals surface area contributed by atoms with Gasteiger partial charge in [0.2, 0.25) is 29.5 Å². The molecule has 5 amide bonds. The Bertz CT molecular complexity index is 820. The standard InChI is InChI=1S/C18H33N9O7S/c19-8(2-1-5-24-18(22)23)14(30)27-11(7-35)16(32)26-10(6-13(21)29)15(31)25-9(17(33)34)3-4-12(20)28/h8-11,35H,1-7,19H2,(H2,20,28)(H2,21,29)(H,25,31)(H,26,32)(H,27,30)(H,33,34)(H4,22,23,24). The quantitative estimate of drug-likeness (QED) is 0.0377. The Balaban J connectivity index is 5.18. The second-order valence-electron chi connectivity index (χ2n) is 7.44. The molecule has 16 nitrogen and oxygen atoms in total. The third kappa shape index (κ3) is 13.6. The number of hydrogen-bond donors (Lipinski definition) is 10. The van der Waals surface area contributed by atoms with Crippen LogP contribution < -0.4 is 44.6 Å². The van der Waals surface area contributed by atoms with Crippen molar-refractivity contribution in [3.8, 4) is 0 Å². The first kappa shape index (κ1) is 31.4. The van der Waals surface area contributed by atoms with E-state index in [1.807, 2.05) is 0 Å². The van der Waals surface area contributed by atoms with Gasteiger partial charge in [-0.05, 0) is 19.3 Å². The van der Waals surface area contributed by atoms with Crippen LogP contribution in [0.3, 0.4) is 0 Å². The molecule has 0 aromatic heterocycles. The molecule has 14 N–H and O–H groups in total. The summed E-state index contributed by atoms with van der Waals surface area (Å²) >= 11 is 4.00. The van der Waals surface area contributed by atoms with E-state index in [2.05, 4.69) is 33.6 Å². The number of guanidine groups is 1. The zero-order chi connectivity index (χ0) is 27.1. The summed E-state index contributed by atoms with van der Waals surface area (Å²) in [5.74, 6) is -6.14. The lowest BCUT2D eigenvalue weighted by Crippen LogP contribution is -2.58. The molecular weight excluding hydrogens is 486 g/mol. The molecule has 0 heterocycles. The van der Waals surface area contributed by atoms with Crippen molar-refractivity contribution >= 4 is 54.1 Å². The highest BCUT2D eigenvalue weighted by Gasteiger charge is 2.30. The summed E-state index contributed by atoms with van der Waals surface area (Å²) < 4.78 is 0. The number of nitrogens with two attached hydrogens (primary N) is 5. The number of nitrogens with zero attached hydrogens (tertiary/aromatic N) is 1. The maximum atomic E-state index is 12.6. The number of carboxylic acids is 1. The van der Waals surface area contributed by atoms with Gasteiger partial charge in [0.15, 0.2) is 5.96 Å². The summed E-state index contributed by atoms with van der Waals surface area (Å²) in [7, 11) is 0. The monoisotopic (exact) mass is 519 g/mol. The Morgan fingerprint density at radius 2 is 1.34 bits per heavy atom. The number of primary amides is 2. The summed E-state index contributed by atoms with van der Waals surface area (Å²) in [6, 6.07) is -5.32. The second-order valence-corrected chi connectivity index (χ2v) is 7.80. The van der Waals surface area contributed by atoms with E-state index in [0.717, 1.165) is 0 Å². The first-order chi connectivity index (χ1) is 16.3. The van der Waals surface area contributed by atoms with Gasteiger partial charge in [0, 0.05) is 18.7 Å². The zero-order valence-corrected chi connectivity index (χ0v) is 19.8. The molecule has 0 saturated carbocycles. The van der Waals surface area contributed by atoms with Gasteiger partial charge < -0.3 is 49.7 Å². The highest BCUT2D eigenvalue weighted by atomic mass is 32.1. The predicted octanol–water partition coefficient (Wildman–Crippen LogP) is -5.02. The molecule has 0 aliphatic carbocycles. The molecule has 0 aliphatic heterocycles. The molecule has 0 rings (SSSR count). The number of amides is 5. The average Bonchev–Trinajstić information content (AvgIpc) is 2.75. The maximum absolute atomic E-state index is 12.6. The molecule has 0 spiro atoms. The molecule has 35 heavy (non-hydrogen) atoms. The molecule has 0 aliphatic rings. The van der Waals surface area contributed by atoms with Crippen molar-refractivity contribution in [2.45, 2.75) is 56.3 Å². The number of thiol groups is 1. The van der Waals surface area contributed by atoms with E-state index in [1.54, 1.807) is 0 Å². The molecule has 4 unspecified atom stereocenters. The molecule has 0 bridgehead atoms. The van der Waals surface area contributed by atoms with Crippen LogP contribution >= 0.6 is 12.6 Å². The van der Waals surface area contributed by atoms with E-state index in [9.17, 15) is 33.9 Å². The highest BCUT2D eigenvalue weighted by molar-refractivity contribution is 7.80. The van der Waals surface area contributed by atoms with Crippen LogP contribution in [0.1, 0.15) is 32.1 Å². The van der Waals surface area contributed by atoms with Crippen LogP contribution in [0.2, 0.25) is 0 Å². The van der Waals surface area contributed by atoms with E-state index in [-0.39, 0.29) is 37.5 Å². The lowest BCUT2D eigenvalue weighted by Gasteiger charge is -2.24. The van der Waals surface area contributed by atoms with E-state index >= 15 is 0 Å². The first-order valence-electron chi connectivity index (χ1n) is 10.4. The van der Waals surface area contributed by atoms with Gasteiger partial charge in [-0.15, -0.1) is 0 Å². The Hall–Kier alpha value is -3.60. The fourth-order valence-corrected chi connectivity index (χ4v) is 2.88. The van der Waals surface area contributed by atoms with E-state index < -0.39 is 66.1 Å². The van der Waals surface area contributed by atoms with Crippen LogP contribution in [0, 0.1) is 0 Å². The molecule has 17 heteroatoms. The summed E-state index contributed by atoms with van der Waals surface area (Å²) in [4.78, 5) is 74.9. The lowest BCUT2D eigenvalue weighted by atomic mass is 10.1. The van der Waals surface area contributed by atoms with Gasteiger partial charge in [0.05, 0.1) is 12.5 Å². The number of carboxylic acid groups (broad SMARTS) is 1. The van der Waals surface area contributed by atoms with Gasteiger partial charge >= 0.3 is 5.97 Å². The van der Waals surface area contributed by atoms with Crippen molar-refractivity contribution in [3.05, 3.63) is 0 Å². The number of carbonyl (C=O) groups excluding carboxylic acids is 5. The fraction of sp³-hybridized carbons (Fsp3) is 0.611. The van der Waals surface area contributed by atoms with Crippen LogP contribution in [-0.2, 0) is 28.8 Å². The normalized spacial score (nSPS) is 13.9. The molecule has 0 radical (unpaired) electrons. The summed E-state index contributed by atoms with van der Waals surface area (Å²) in [5, 5.41) is 15.9. The second kappa shape index (κ2) is 16.1. The fourth-order valence-electron chi connectivity index (χ4n) is 2.62. The number of aliphatic carboxylic acids is 1. The number of aliphatic imine (C=N–C) groups is 1. The average molecular weight is 520 g/mol. The Morgan fingerprint density at radius 3 is 1.83 bits per heavy atom. The maximum Gasteiger partial charge on any atom is 0.326 e. The minimum atomic E-state index is -1.57. The van der Waals surface area contributed by atoms with Gasteiger partial charge in [-0.1, -0.05) is 0 Å². The van der Waals surface area contributed by atoms with Crippen molar-refractivity contribution in [1.29, 1.82) is 0 Å². The van der Waals surface area contributed by atoms with Crippen LogP contribution in [0.4, 0.5) is 0 Å². The van der Waals surface area contributed by atoms with Crippen LogP contribution in [0.5, 0.6) is 0 Å². The largest absolute Gasteiger partial charge is 0.480 e. The van der Waals surface area contributed by atoms with Crippen LogP contribution in [0.15, 0.2) is 4.99 Å². The smallest absolute Gasteiger partial charge is 0.326 e. The van der Waals surface area contributed by atoms with Gasteiger partial charge in [0.25, 0.3) is 0 Å². The molecule has 0 aromatic carbocycles. The summed E-state index contributed by atoms with van der Waals surface area (Å²) in [6.07, 6.45) is -0.713. The van der Waals surface area contributed by atoms with Crippen molar-refractivity contribution < 1.29 is 33.9 Å². The van der Waals surface area contributed by atoms with Crippen molar-refractivity contribution in [3.63, 3.8) is 0 Å². The van der Waals surface area contributed by atoms with Gasteiger partial charge in [0.1, 0.15) is 18.1 Å². The van der Waals surface area contributed by atoms with Gasteiger partial charge in [-0.3, -0.25) is 29.0 Å². The minimum absolute atomic E-state index is 0.105. The Labute approximate surface area is 206 Å². The van der Waals surface area contributed by atoms with Crippen molar-refractivity contribution in [2.75, 3.05) is 12.3 Å². The topological polar surface area (TPSA) is 301 Å². The minimum Gasteiger partial charge on any atom is -0.480 e. The molecule has 198 valence electrons. The van der Waals surface area contributed by atoms with Crippen molar-refractivity contribution in [2.24, 2.45) is 33.7 Å². The van der Waals surface area contributed by atoms with E-state index in [4.69, 9.17) is 28.7 Å². The predicted molar refractivity (Wildman–Crippen MR) is 127 cm³/mol. The number of hydrogen-bond acceptors (Lipinski definition) is 9. The third-order valence-corrected chi connectivity index (χ3v) is 4.82. The van der Waals surface area contributed by atoms with Gasteiger partial charge in [-0.25, -0.2) is 4.79 Å². The third-order valence-electron chi connectivity index (χ3n) is 4.45. The van der Waals surface area contributed by atoms with E-state index in [0.29, 0.717) is 6.42 Å². The Morgan fingerprint density at radius 1 is 0.800 bits per heavy atom. The molecule has 0 saturated heterocycles. The van der Waals surface area contributed by atoms with Crippen LogP contribution in [-0.4, -0.2) is 83.0 Å². The Kier molecular flexibility index (Phi) is 14.4. The van der Waals surface area contributed by atoms with Crippen molar-refractivity contribution in [1.82, 2.24) is 16.0 Å². The lowest BCUT2D eigenvalue weighted by molar-refractivity contribution is -0.142. The zero-order valence-electron chi connectivity index (χ0n) is 18.9. The molecule has 0 fully saturated rings. The SMILES string of the molecule is NC(=O)CCC(NC(=O)C(CC(N)=O)NC(=O)C(CS)NC(=O)C(N)CCCN=C(N)N)C(=O)O. The van der Waals surface area contributed by atoms with E-state index in [1.165, 1.54) is 0 Å². The molecular formula is C18H33N9O7S.